The van der Waals surface area contributed by atoms with Gasteiger partial charge in [-0.15, -0.1) is 15.3 Å². The highest BCUT2D eigenvalue weighted by Crippen LogP contribution is 2.33. The van der Waals surface area contributed by atoms with E-state index in [1.807, 2.05) is 47.1 Å². The molecule has 3 aromatic heterocycles. The van der Waals surface area contributed by atoms with Crippen molar-refractivity contribution in [1.82, 2.24) is 29.6 Å². The molecule has 0 amide bonds. The SMILES string of the molecule is CC(Cc1ccc2c(c1)OCO2)c1cn(Cc2nnc3ccccn23)nn1. The summed E-state index contributed by atoms with van der Waals surface area (Å²) in [6.07, 6.45) is 4.77. The number of benzene rings is 1. The first kappa shape index (κ1) is 15.8. The summed E-state index contributed by atoms with van der Waals surface area (Å²) in [7, 11) is 0. The van der Waals surface area contributed by atoms with Crippen LogP contribution in [0.1, 0.15) is 29.9 Å². The number of rotatable bonds is 5. The molecule has 0 radical (unpaired) electrons. The summed E-state index contributed by atoms with van der Waals surface area (Å²) in [5.74, 6) is 2.67. The van der Waals surface area contributed by atoms with Gasteiger partial charge >= 0.3 is 0 Å². The summed E-state index contributed by atoms with van der Waals surface area (Å²) in [5.41, 5.74) is 2.95. The Morgan fingerprint density at radius 1 is 1.07 bits per heavy atom. The van der Waals surface area contributed by atoms with Gasteiger partial charge in [-0.1, -0.05) is 24.3 Å². The molecule has 8 heteroatoms. The number of aromatic nitrogens is 6. The molecule has 136 valence electrons. The zero-order valence-corrected chi connectivity index (χ0v) is 14.8. The minimum atomic E-state index is 0.231. The van der Waals surface area contributed by atoms with Crippen LogP contribution in [0.2, 0.25) is 0 Å². The van der Waals surface area contributed by atoms with E-state index in [4.69, 9.17) is 9.47 Å². The molecule has 27 heavy (non-hydrogen) atoms. The molecule has 0 fully saturated rings. The van der Waals surface area contributed by atoms with Gasteiger partial charge in [-0.2, -0.15) is 0 Å². The summed E-state index contributed by atoms with van der Waals surface area (Å²) in [6, 6.07) is 11.9. The third kappa shape index (κ3) is 2.99. The summed E-state index contributed by atoms with van der Waals surface area (Å²) in [5, 5.41) is 17.0. The number of hydrogen-bond donors (Lipinski definition) is 0. The van der Waals surface area contributed by atoms with Gasteiger partial charge in [0.1, 0.15) is 6.54 Å². The minimum Gasteiger partial charge on any atom is -0.454 e. The normalized spacial score (nSPS) is 14.0. The maximum Gasteiger partial charge on any atom is 0.231 e. The third-order valence-corrected chi connectivity index (χ3v) is 4.73. The average Bonchev–Trinajstić information content (AvgIpc) is 3.42. The Morgan fingerprint density at radius 3 is 2.96 bits per heavy atom. The van der Waals surface area contributed by atoms with Gasteiger partial charge in [0, 0.05) is 18.3 Å². The van der Waals surface area contributed by atoms with Gasteiger partial charge < -0.3 is 9.47 Å². The molecule has 0 N–H and O–H groups in total. The third-order valence-electron chi connectivity index (χ3n) is 4.73. The molecule has 1 aliphatic heterocycles. The van der Waals surface area contributed by atoms with Gasteiger partial charge in [0.25, 0.3) is 0 Å². The zero-order valence-electron chi connectivity index (χ0n) is 14.8. The topological polar surface area (TPSA) is 79.4 Å². The lowest BCUT2D eigenvalue weighted by molar-refractivity contribution is 0.174. The van der Waals surface area contributed by atoms with E-state index in [-0.39, 0.29) is 5.92 Å². The molecular weight excluding hydrogens is 344 g/mol. The van der Waals surface area contributed by atoms with Crippen molar-refractivity contribution in [3.63, 3.8) is 0 Å². The van der Waals surface area contributed by atoms with Crippen molar-refractivity contribution in [2.75, 3.05) is 6.79 Å². The Balaban J connectivity index is 1.31. The Labute approximate surface area is 155 Å². The van der Waals surface area contributed by atoms with Crippen molar-refractivity contribution in [3.05, 3.63) is 65.9 Å². The van der Waals surface area contributed by atoms with Crippen molar-refractivity contribution >= 4 is 5.65 Å². The molecule has 5 rings (SSSR count). The largest absolute Gasteiger partial charge is 0.454 e. The van der Waals surface area contributed by atoms with Crippen molar-refractivity contribution in [1.29, 1.82) is 0 Å². The molecule has 1 aromatic carbocycles. The maximum absolute atomic E-state index is 5.45. The van der Waals surface area contributed by atoms with Gasteiger partial charge in [0.05, 0.1) is 5.69 Å². The van der Waals surface area contributed by atoms with Crippen LogP contribution in [-0.2, 0) is 13.0 Å². The number of pyridine rings is 1. The Morgan fingerprint density at radius 2 is 2.00 bits per heavy atom. The van der Waals surface area contributed by atoms with Gasteiger partial charge in [-0.3, -0.25) is 4.40 Å². The molecule has 0 bridgehead atoms. The van der Waals surface area contributed by atoms with E-state index in [1.165, 1.54) is 5.56 Å². The van der Waals surface area contributed by atoms with Crippen LogP contribution in [0.5, 0.6) is 11.5 Å². The molecule has 0 saturated carbocycles. The van der Waals surface area contributed by atoms with Gasteiger partial charge in [-0.25, -0.2) is 4.68 Å². The van der Waals surface area contributed by atoms with E-state index in [1.54, 1.807) is 4.68 Å². The number of hydrogen-bond acceptors (Lipinski definition) is 6. The molecule has 1 atom stereocenters. The molecule has 1 aliphatic rings. The Bertz CT molecular complexity index is 1100. The lowest BCUT2D eigenvalue weighted by Gasteiger charge is -2.08. The Hall–Kier alpha value is -3.42. The maximum atomic E-state index is 5.45. The highest BCUT2D eigenvalue weighted by molar-refractivity contribution is 5.44. The highest BCUT2D eigenvalue weighted by atomic mass is 16.7. The number of ether oxygens (including phenoxy) is 2. The van der Waals surface area contributed by atoms with Gasteiger partial charge in [-0.05, 0) is 36.2 Å². The quantitative estimate of drug-likeness (QED) is 0.543. The average molecular weight is 362 g/mol. The highest BCUT2D eigenvalue weighted by Gasteiger charge is 2.17. The number of fused-ring (bicyclic) bond motifs is 2. The fourth-order valence-electron chi connectivity index (χ4n) is 3.29. The van der Waals surface area contributed by atoms with Crippen LogP contribution in [0.25, 0.3) is 5.65 Å². The lowest BCUT2D eigenvalue weighted by Crippen LogP contribution is -2.05. The first-order valence-corrected chi connectivity index (χ1v) is 8.83. The second-order valence-corrected chi connectivity index (χ2v) is 6.68. The van der Waals surface area contributed by atoms with Gasteiger partial charge in [0.15, 0.2) is 23.0 Å². The van der Waals surface area contributed by atoms with Crippen LogP contribution < -0.4 is 9.47 Å². The monoisotopic (exact) mass is 362 g/mol. The lowest BCUT2D eigenvalue weighted by atomic mass is 9.98. The summed E-state index contributed by atoms with van der Waals surface area (Å²) >= 11 is 0. The Kier molecular flexibility index (Phi) is 3.74. The second-order valence-electron chi connectivity index (χ2n) is 6.68. The second kappa shape index (κ2) is 6.39. The minimum absolute atomic E-state index is 0.231. The summed E-state index contributed by atoms with van der Waals surface area (Å²) in [4.78, 5) is 0. The predicted molar refractivity (Wildman–Crippen MR) is 96.8 cm³/mol. The van der Waals surface area contributed by atoms with Crippen molar-refractivity contribution < 1.29 is 9.47 Å². The predicted octanol–water partition coefficient (Wildman–Crippen LogP) is 2.44. The van der Waals surface area contributed by atoms with E-state index in [2.05, 4.69) is 33.5 Å². The van der Waals surface area contributed by atoms with Crippen LogP contribution >= 0.6 is 0 Å². The fourth-order valence-corrected chi connectivity index (χ4v) is 3.29. The first-order chi connectivity index (χ1) is 13.3. The molecular formula is C19H18N6O2. The van der Waals surface area contributed by atoms with E-state index in [0.29, 0.717) is 13.3 Å². The standard InChI is InChI=1S/C19H18N6O2/c1-13(8-14-5-6-16-17(9-14)27-12-26-16)15-10-24(23-20-15)11-19-22-21-18-4-2-3-7-25(18)19/h2-7,9-10,13H,8,11-12H2,1H3. The van der Waals surface area contributed by atoms with Crippen molar-refractivity contribution in [3.8, 4) is 11.5 Å². The van der Waals surface area contributed by atoms with Crippen LogP contribution in [0.3, 0.4) is 0 Å². The first-order valence-electron chi connectivity index (χ1n) is 8.83. The smallest absolute Gasteiger partial charge is 0.231 e. The fraction of sp³-hybridized carbons (Fsp3) is 0.263. The molecule has 8 nitrogen and oxygen atoms in total. The zero-order chi connectivity index (χ0) is 18.2. The number of nitrogens with zero attached hydrogens (tertiary/aromatic N) is 6. The van der Waals surface area contributed by atoms with Crippen LogP contribution in [0.15, 0.2) is 48.8 Å². The van der Waals surface area contributed by atoms with Crippen LogP contribution in [0.4, 0.5) is 0 Å². The van der Waals surface area contributed by atoms with E-state index < -0.39 is 0 Å². The molecule has 4 aromatic rings. The molecule has 0 spiro atoms. The van der Waals surface area contributed by atoms with E-state index in [0.717, 1.165) is 35.1 Å². The van der Waals surface area contributed by atoms with Crippen LogP contribution in [0, 0.1) is 0 Å². The molecule has 4 heterocycles. The molecule has 0 saturated heterocycles. The van der Waals surface area contributed by atoms with E-state index >= 15 is 0 Å². The molecule has 1 unspecified atom stereocenters. The van der Waals surface area contributed by atoms with Crippen LogP contribution in [-0.4, -0.2) is 36.4 Å². The van der Waals surface area contributed by atoms with Crippen molar-refractivity contribution in [2.45, 2.75) is 25.8 Å². The van der Waals surface area contributed by atoms with Gasteiger partial charge in [0.2, 0.25) is 6.79 Å². The summed E-state index contributed by atoms with van der Waals surface area (Å²) < 4.78 is 14.6. The van der Waals surface area contributed by atoms with E-state index in [9.17, 15) is 0 Å². The summed E-state index contributed by atoms with van der Waals surface area (Å²) in [6.45, 7) is 2.96. The van der Waals surface area contributed by atoms with Crippen molar-refractivity contribution in [2.24, 2.45) is 0 Å². The molecule has 0 aliphatic carbocycles.